The minimum atomic E-state index is -0.145. The molecular weight excluding hydrogens is 286 g/mol. The molecule has 0 atom stereocenters. The van der Waals surface area contributed by atoms with Gasteiger partial charge in [0.15, 0.2) is 0 Å². The zero-order valence-electron chi connectivity index (χ0n) is 11.8. The molecule has 0 radical (unpaired) electrons. The second-order valence-corrected chi connectivity index (χ2v) is 5.13. The number of hydrogen-bond acceptors (Lipinski definition) is 3. The third-order valence-electron chi connectivity index (χ3n) is 2.93. The van der Waals surface area contributed by atoms with Crippen LogP contribution in [-0.4, -0.2) is 12.5 Å². The number of benzene rings is 2. The SMILES string of the molecule is CCCNC(=O)c1cc(N)ccc1Nc1cccc(Cl)c1. The summed E-state index contributed by atoms with van der Waals surface area (Å²) in [5, 5.41) is 6.68. The zero-order chi connectivity index (χ0) is 15.2. The first kappa shape index (κ1) is 15.2. The zero-order valence-corrected chi connectivity index (χ0v) is 12.6. The lowest BCUT2D eigenvalue weighted by Gasteiger charge is -2.13. The van der Waals surface area contributed by atoms with Crippen LogP contribution < -0.4 is 16.4 Å². The standard InChI is InChI=1S/C16H18ClN3O/c1-2-8-19-16(21)14-10-12(18)6-7-15(14)20-13-5-3-4-11(17)9-13/h3-7,9-10,20H,2,8,18H2,1H3,(H,19,21). The van der Waals surface area contributed by atoms with Crippen molar-refractivity contribution in [1.29, 1.82) is 0 Å². The highest BCUT2D eigenvalue weighted by Gasteiger charge is 2.11. The average molecular weight is 304 g/mol. The van der Waals surface area contributed by atoms with E-state index in [0.717, 1.165) is 12.1 Å². The summed E-state index contributed by atoms with van der Waals surface area (Å²) in [7, 11) is 0. The number of hydrogen-bond donors (Lipinski definition) is 3. The quantitative estimate of drug-likeness (QED) is 0.736. The number of halogens is 1. The Morgan fingerprint density at radius 1 is 1.24 bits per heavy atom. The van der Waals surface area contributed by atoms with E-state index in [1.54, 1.807) is 30.3 Å². The van der Waals surface area contributed by atoms with E-state index in [9.17, 15) is 4.79 Å². The predicted molar refractivity (Wildman–Crippen MR) is 88.2 cm³/mol. The molecule has 21 heavy (non-hydrogen) atoms. The highest BCUT2D eigenvalue weighted by atomic mass is 35.5. The van der Waals surface area contributed by atoms with E-state index >= 15 is 0 Å². The first-order valence-corrected chi connectivity index (χ1v) is 7.18. The van der Waals surface area contributed by atoms with Crippen molar-refractivity contribution in [3.05, 3.63) is 53.1 Å². The van der Waals surface area contributed by atoms with Crippen LogP contribution in [0.2, 0.25) is 5.02 Å². The predicted octanol–water partition coefficient (Wildman–Crippen LogP) is 3.81. The molecule has 0 unspecified atom stereocenters. The number of anilines is 3. The second-order valence-electron chi connectivity index (χ2n) is 4.70. The minimum absolute atomic E-state index is 0.145. The summed E-state index contributed by atoms with van der Waals surface area (Å²) in [5.41, 5.74) is 8.36. The Morgan fingerprint density at radius 2 is 2.05 bits per heavy atom. The van der Waals surface area contributed by atoms with Crippen LogP contribution in [0.25, 0.3) is 0 Å². The highest BCUT2D eigenvalue weighted by Crippen LogP contribution is 2.25. The van der Waals surface area contributed by atoms with Gasteiger partial charge in [-0.1, -0.05) is 24.6 Å². The van der Waals surface area contributed by atoms with Crippen LogP contribution in [-0.2, 0) is 0 Å². The van der Waals surface area contributed by atoms with E-state index in [1.165, 1.54) is 0 Å². The smallest absolute Gasteiger partial charge is 0.253 e. The minimum Gasteiger partial charge on any atom is -0.399 e. The van der Waals surface area contributed by atoms with E-state index in [2.05, 4.69) is 10.6 Å². The van der Waals surface area contributed by atoms with Gasteiger partial charge in [-0.15, -0.1) is 0 Å². The highest BCUT2D eigenvalue weighted by molar-refractivity contribution is 6.30. The molecule has 0 heterocycles. The molecule has 2 rings (SSSR count). The third kappa shape index (κ3) is 4.13. The van der Waals surface area contributed by atoms with Crippen molar-refractivity contribution >= 4 is 34.6 Å². The molecular formula is C16H18ClN3O. The fourth-order valence-corrected chi connectivity index (χ4v) is 2.10. The topological polar surface area (TPSA) is 67.2 Å². The number of carbonyl (C=O) groups excluding carboxylic acids is 1. The molecule has 0 aromatic heterocycles. The summed E-state index contributed by atoms with van der Waals surface area (Å²) in [6, 6.07) is 12.5. The summed E-state index contributed by atoms with van der Waals surface area (Å²) in [6.45, 7) is 2.63. The van der Waals surface area contributed by atoms with Gasteiger partial charge in [0, 0.05) is 22.9 Å². The van der Waals surface area contributed by atoms with Crippen LogP contribution >= 0.6 is 11.6 Å². The van der Waals surface area contributed by atoms with Crippen molar-refractivity contribution in [2.75, 3.05) is 17.6 Å². The lowest BCUT2D eigenvalue weighted by atomic mass is 10.1. The Hall–Kier alpha value is -2.20. The van der Waals surface area contributed by atoms with Gasteiger partial charge in [-0.05, 0) is 42.8 Å². The molecule has 110 valence electrons. The van der Waals surface area contributed by atoms with Gasteiger partial charge in [-0.3, -0.25) is 4.79 Å². The van der Waals surface area contributed by atoms with E-state index in [1.807, 2.05) is 19.1 Å². The largest absolute Gasteiger partial charge is 0.399 e. The molecule has 1 amide bonds. The van der Waals surface area contributed by atoms with E-state index in [0.29, 0.717) is 28.5 Å². The first-order chi connectivity index (χ1) is 10.1. The van der Waals surface area contributed by atoms with E-state index < -0.39 is 0 Å². The number of nitrogen functional groups attached to an aromatic ring is 1. The van der Waals surface area contributed by atoms with Gasteiger partial charge in [0.25, 0.3) is 5.91 Å². The Labute approximate surface area is 129 Å². The molecule has 0 saturated carbocycles. The molecule has 0 bridgehead atoms. The van der Waals surface area contributed by atoms with Gasteiger partial charge in [0.05, 0.1) is 11.3 Å². The lowest BCUT2D eigenvalue weighted by molar-refractivity contribution is 0.0954. The van der Waals surface area contributed by atoms with Gasteiger partial charge in [0.1, 0.15) is 0 Å². The van der Waals surface area contributed by atoms with Crippen LogP contribution in [0.15, 0.2) is 42.5 Å². The third-order valence-corrected chi connectivity index (χ3v) is 3.16. The maximum Gasteiger partial charge on any atom is 0.253 e. The second kappa shape index (κ2) is 6.99. The van der Waals surface area contributed by atoms with Crippen LogP contribution in [0.1, 0.15) is 23.7 Å². The van der Waals surface area contributed by atoms with Gasteiger partial charge < -0.3 is 16.4 Å². The molecule has 5 heteroatoms. The first-order valence-electron chi connectivity index (χ1n) is 6.80. The fraction of sp³-hybridized carbons (Fsp3) is 0.188. The van der Waals surface area contributed by atoms with Crippen LogP contribution in [0.3, 0.4) is 0 Å². The van der Waals surface area contributed by atoms with Gasteiger partial charge in [-0.25, -0.2) is 0 Å². The summed E-state index contributed by atoms with van der Waals surface area (Å²) in [4.78, 5) is 12.2. The molecule has 0 spiro atoms. The maximum atomic E-state index is 12.2. The van der Waals surface area contributed by atoms with Crippen molar-refractivity contribution in [3.8, 4) is 0 Å². The van der Waals surface area contributed by atoms with Gasteiger partial charge >= 0.3 is 0 Å². The molecule has 4 N–H and O–H groups in total. The Bertz CT molecular complexity index is 643. The average Bonchev–Trinajstić information content (AvgIpc) is 2.46. The van der Waals surface area contributed by atoms with Crippen LogP contribution in [0.5, 0.6) is 0 Å². The van der Waals surface area contributed by atoms with Crippen molar-refractivity contribution < 1.29 is 4.79 Å². The number of rotatable bonds is 5. The summed E-state index contributed by atoms with van der Waals surface area (Å²) < 4.78 is 0. The summed E-state index contributed by atoms with van der Waals surface area (Å²) in [5.74, 6) is -0.145. The summed E-state index contributed by atoms with van der Waals surface area (Å²) in [6.07, 6.45) is 0.880. The molecule has 0 fully saturated rings. The van der Waals surface area contributed by atoms with Crippen molar-refractivity contribution in [3.63, 3.8) is 0 Å². The molecule has 0 aliphatic rings. The monoisotopic (exact) mass is 303 g/mol. The molecule has 0 aliphatic carbocycles. The van der Waals surface area contributed by atoms with Crippen molar-refractivity contribution in [2.24, 2.45) is 0 Å². The number of nitrogens with one attached hydrogen (secondary N) is 2. The molecule has 0 saturated heterocycles. The normalized spacial score (nSPS) is 10.2. The Balaban J connectivity index is 2.28. The number of carbonyl (C=O) groups is 1. The van der Waals surface area contributed by atoms with E-state index in [4.69, 9.17) is 17.3 Å². The molecule has 2 aromatic carbocycles. The van der Waals surface area contributed by atoms with Crippen LogP contribution in [0, 0.1) is 0 Å². The van der Waals surface area contributed by atoms with Crippen molar-refractivity contribution in [1.82, 2.24) is 5.32 Å². The number of amides is 1. The number of nitrogens with two attached hydrogens (primary N) is 1. The fourth-order valence-electron chi connectivity index (χ4n) is 1.91. The van der Waals surface area contributed by atoms with Crippen molar-refractivity contribution in [2.45, 2.75) is 13.3 Å². The van der Waals surface area contributed by atoms with Crippen LogP contribution in [0.4, 0.5) is 17.1 Å². The Kier molecular flexibility index (Phi) is 5.06. The van der Waals surface area contributed by atoms with Gasteiger partial charge in [-0.2, -0.15) is 0 Å². The molecule has 2 aromatic rings. The molecule has 4 nitrogen and oxygen atoms in total. The lowest BCUT2D eigenvalue weighted by Crippen LogP contribution is -2.24. The summed E-state index contributed by atoms with van der Waals surface area (Å²) >= 11 is 5.97. The Morgan fingerprint density at radius 3 is 2.76 bits per heavy atom. The van der Waals surface area contributed by atoms with E-state index in [-0.39, 0.29) is 5.91 Å². The maximum absolute atomic E-state index is 12.2. The molecule has 0 aliphatic heterocycles. The van der Waals surface area contributed by atoms with Gasteiger partial charge in [0.2, 0.25) is 0 Å².